The molecule has 0 aliphatic rings. The first-order valence-electron chi connectivity index (χ1n) is 10.3. The molecule has 0 fully saturated rings. The van der Waals surface area contributed by atoms with Crippen molar-refractivity contribution in [3.8, 4) is 0 Å². The van der Waals surface area contributed by atoms with Crippen molar-refractivity contribution in [2.45, 2.75) is 27.7 Å². The van der Waals surface area contributed by atoms with Crippen molar-refractivity contribution in [1.29, 1.82) is 0 Å². The van der Waals surface area contributed by atoms with Gasteiger partial charge in [-0.05, 0) is 13.8 Å². The van der Waals surface area contributed by atoms with E-state index in [1.54, 1.807) is 19.2 Å². The van der Waals surface area contributed by atoms with Gasteiger partial charge in [0.05, 0.1) is 0 Å². The third-order valence-electron chi connectivity index (χ3n) is 5.07. The van der Waals surface area contributed by atoms with Crippen LogP contribution in [-0.2, 0) is 19.2 Å². The molecule has 2 heteroatoms. The van der Waals surface area contributed by atoms with Crippen LogP contribution in [0.15, 0.2) is 91.0 Å². The second-order valence-electron chi connectivity index (χ2n) is 7.71. The van der Waals surface area contributed by atoms with Gasteiger partial charge in [0.25, 0.3) is 0 Å². The first-order valence-corrected chi connectivity index (χ1v) is 13.2. The van der Waals surface area contributed by atoms with E-state index >= 15 is 0 Å². The molecule has 0 spiro atoms. The molecular weight excluding hydrogens is 424 g/mol. The Labute approximate surface area is 201 Å². The van der Waals surface area contributed by atoms with Crippen molar-refractivity contribution < 1.29 is 19.2 Å². The summed E-state index contributed by atoms with van der Waals surface area (Å²) in [6.07, 6.45) is 0. The molecule has 0 heterocycles. The van der Waals surface area contributed by atoms with E-state index in [2.05, 4.69) is 103 Å². The molecule has 5 aromatic rings. The normalized spacial score (nSPS) is 9.65. The van der Waals surface area contributed by atoms with Crippen LogP contribution < -0.4 is 0 Å². The van der Waals surface area contributed by atoms with Gasteiger partial charge in [0.15, 0.2) is 0 Å². The molecule has 31 heavy (non-hydrogen) atoms. The number of hydrogen-bond donors (Lipinski definition) is 0. The van der Waals surface area contributed by atoms with E-state index in [1.807, 2.05) is 30.3 Å². The fourth-order valence-electron chi connectivity index (χ4n) is 3.56. The van der Waals surface area contributed by atoms with Gasteiger partial charge >= 0.3 is 26.8 Å². The minimum absolute atomic E-state index is 1.07. The third-order valence-corrected chi connectivity index (χ3v) is 5.07. The molecule has 0 saturated heterocycles. The Hall–Kier alpha value is -2.32. The van der Waals surface area contributed by atoms with Crippen molar-refractivity contribution in [3.05, 3.63) is 126 Å². The van der Waals surface area contributed by atoms with Crippen LogP contribution in [0, 0.1) is 34.6 Å². The Morgan fingerprint density at radius 1 is 0.613 bits per heavy atom. The maximum absolute atomic E-state index is 3.72. The minimum atomic E-state index is 1.07. The van der Waals surface area contributed by atoms with E-state index in [4.69, 9.17) is 0 Å². The van der Waals surface area contributed by atoms with Gasteiger partial charge in [-0.25, -0.2) is 0 Å². The molecule has 0 aliphatic heterocycles. The van der Waals surface area contributed by atoms with Crippen molar-refractivity contribution >= 4 is 29.2 Å². The Kier molecular flexibility index (Phi) is 10.1. The number of hydrogen-bond acceptors (Lipinski definition) is 0. The first-order chi connectivity index (χ1) is 14.9. The van der Waals surface area contributed by atoms with Crippen LogP contribution in [0.5, 0.6) is 0 Å². The van der Waals surface area contributed by atoms with E-state index in [-0.39, 0.29) is 0 Å². The molecule has 0 aliphatic carbocycles. The molecule has 2 radical (unpaired) electrons. The SMILES string of the molecule is Cc1cc2c(C)cccc2[cH-]1.Cc1cc2c(C)cccc2[cH-]1.[CH2-]c1ccccc1.[Si]=[Ti]. The van der Waals surface area contributed by atoms with E-state index in [1.165, 1.54) is 43.8 Å². The van der Waals surface area contributed by atoms with Crippen LogP contribution >= 0.6 is 0 Å². The van der Waals surface area contributed by atoms with Gasteiger partial charge in [0.1, 0.15) is 0 Å². The van der Waals surface area contributed by atoms with Gasteiger partial charge in [-0.15, -0.1) is 81.2 Å². The summed E-state index contributed by atoms with van der Waals surface area (Å²) in [6.45, 7) is 12.3. The molecule has 0 aromatic heterocycles. The second-order valence-corrected chi connectivity index (χ2v) is 7.71. The predicted molar refractivity (Wildman–Crippen MR) is 135 cm³/mol. The zero-order valence-electron chi connectivity index (χ0n) is 18.9. The summed E-state index contributed by atoms with van der Waals surface area (Å²) in [5.74, 6) is 0. The van der Waals surface area contributed by atoms with Gasteiger partial charge in [-0.2, -0.15) is 36.8 Å². The van der Waals surface area contributed by atoms with Crippen LogP contribution in [0.2, 0.25) is 0 Å². The molecule has 156 valence electrons. The van der Waals surface area contributed by atoms with E-state index in [9.17, 15) is 0 Å². The van der Waals surface area contributed by atoms with Crippen molar-refractivity contribution in [3.63, 3.8) is 0 Å². The summed E-state index contributed by atoms with van der Waals surface area (Å²) in [6, 6.07) is 31.7. The molecule has 0 N–H and O–H groups in total. The molecule has 0 saturated carbocycles. The van der Waals surface area contributed by atoms with Gasteiger partial charge in [0.2, 0.25) is 0 Å². The van der Waals surface area contributed by atoms with Gasteiger partial charge in [0, 0.05) is 0 Å². The summed E-state index contributed by atoms with van der Waals surface area (Å²) in [5.41, 5.74) is 6.53. The van der Waals surface area contributed by atoms with Gasteiger partial charge in [-0.3, -0.25) is 0 Å². The standard InChI is InChI=1S/2C11H11.C7H7.Si.Ti/c2*1-8-6-10-5-3-4-9(2)11(10)7-8;1-7-5-3-2-4-6-7;;/h2*3-7H,1-2H3;2-6H,1H2;;/q3*-1;;. The first kappa shape index (κ1) is 24.9. The Morgan fingerprint density at radius 3 is 1.35 bits per heavy atom. The molecule has 5 rings (SSSR count). The fourth-order valence-corrected chi connectivity index (χ4v) is 3.56. The average Bonchev–Trinajstić information content (AvgIpc) is 3.34. The van der Waals surface area contributed by atoms with Crippen LogP contribution in [0.4, 0.5) is 0 Å². The quantitative estimate of drug-likeness (QED) is 0.166. The summed E-state index contributed by atoms with van der Waals surface area (Å²) < 4.78 is 0. The van der Waals surface area contributed by atoms with Crippen LogP contribution in [-0.4, -0.2) is 7.63 Å². The molecule has 0 unspecified atom stereocenters. The molecule has 5 aromatic carbocycles. The van der Waals surface area contributed by atoms with Crippen LogP contribution in [0.1, 0.15) is 27.8 Å². The third kappa shape index (κ3) is 7.40. The van der Waals surface area contributed by atoms with Crippen molar-refractivity contribution in [2.75, 3.05) is 0 Å². The fraction of sp³-hybridized carbons (Fsp3) is 0.138. The zero-order chi connectivity index (χ0) is 22.8. The summed E-state index contributed by atoms with van der Waals surface area (Å²) in [4.78, 5) is 0. The number of fused-ring (bicyclic) bond motifs is 2. The van der Waals surface area contributed by atoms with Crippen LogP contribution in [0.3, 0.4) is 0 Å². The van der Waals surface area contributed by atoms with Crippen LogP contribution in [0.25, 0.3) is 21.5 Å². The monoisotopic (exact) mass is 453 g/mol. The van der Waals surface area contributed by atoms with E-state index in [0.29, 0.717) is 0 Å². The van der Waals surface area contributed by atoms with Gasteiger partial charge in [-0.1, -0.05) is 43.2 Å². The number of benzene rings is 3. The van der Waals surface area contributed by atoms with E-state index < -0.39 is 0 Å². The maximum atomic E-state index is 3.72. The molecule has 0 atom stereocenters. The summed E-state index contributed by atoms with van der Waals surface area (Å²) in [5, 5.41) is 5.51. The molecule has 0 bridgehead atoms. The summed E-state index contributed by atoms with van der Waals surface area (Å²) >= 11 is 1.81. The Morgan fingerprint density at radius 2 is 1.03 bits per heavy atom. The molecule has 0 nitrogen and oxygen atoms in total. The molecule has 0 amide bonds. The topological polar surface area (TPSA) is 0 Å². The number of rotatable bonds is 0. The number of aryl methyl sites for hydroxylation is 4. The van der Waals surface area contributed by atoms with E-state index in [0.717, 1.165) is 5.56 Å². The van der Waals surface area contributed by atoms with Crippen molar-refractivity contribution in [2.24, 2.45) is 0 Å². The van der Waals surface area contributed by atoms with Crippen molar-refractivity contribution in [1.82, 2.24) is 0 Å². The average molecular weight is 454 g/mol. The predicted octanol–water partition coefficient (Wildman–Crippen LogP) is 7.84. The Bertz CT molecular complexity index is 1130. The second kappa shape index (κ2) is 12.5. The Balaban J connectivity index is 0.000000163. The summed E-state index contributed by atoms with van der Waals surface area (Å²) in [7, 11) is 2.97. The zero-order valence-corrected chi connectivity index (χ0v) is 21.4. The molecular formula is C29H29SiTi-3. The van der Waals surface area contributed by atoms with Gasteiger partial charge < -0.3 is 0 Å².